The average molecular weight is 341 g/mol. The van der Waals surface area contributed by atoms with E-state index in [9.17, 15) is 0 Å². The van der Waals surface area contributed by atoms with E-state index in [0.717, 1.165) is 40.1 Å². The molecule has 0 saturated heterocycles. The first-order valence-corrected chi connectivity index (χ1v) is 7.44. The lowest BCUT2D eigenvalue weighted by Gasteiger charge is -2.16. The van der Waals surface area contributed by atoms with Crippen molar-refractivity contribution in [3.63, 3.8) is 0 Å². The molecule has 0 aromatic carbocycles. The van der Waals surface area contributed by atoms with Gasteiger partial charge in [0.25, 0.3) is 0 Å². The number of nitrogens with one attached hydrogen (secondary N) is 1. The van der Waals surface area contributed by atoms with Crippen LogP contribution in [0, 0.1) is 6.92 Å². The Kier molecular flexibility index (Phi) is 4.62. The molecule has 2 aromatic heterocycles. The summed E-state index contributed by atoms with van der Waals surface area (Å²) in [6.45, 7) is 4.08. The Morgan fingerprint density at radius 1 is 1.35 bits per heavy atom. The van der Waals surface area contributed by atoms with Crippen molar-refractivity contribution < 1.29 is 0 Å². The molecule has 0 aliphatic carbocycles. The molecule has 110 valence electrons. The normalized spacial score (nSPS) is 12.9. The van der Waals surface area contributed by atoms with Crippen LogP contribution in [-0.2, 0) is 26.9 Å². The van der Waals surface area contributed by atoms with Crippen molar-refractivity contribution in [3.05, 3.63) is 33.3 Å². The van der Waals surface area contributed by atoms with Gasteiger partial charge in [-0.15, -0.1) is 0 Å². The van der Waals surface area contributed by atoms with E-state index in [1.165, 1.54) is 0 Å². The molecular weight excluding hydrogens is 320 g/mol. The van der Waals surface area contributed by atoms with Gasteiger partial charge in [0.05, 0.1) is 33.3 Å². The number of hydrazine groups is 1. The minimum Gasteiger partial charge on any atom is -0.271 e. The number of nitrogens with two attached hydrogens (primary N) is 1. The second-order valence-electron chi connectivity index (χ2n) is 4.94. The quantitative estimate of drug-likeness (QED) is 0.639. The zero-order chi connectivity index (χ0) is 14.9. The van der Waals surface area contributed by atoms with Crippen LogP contribution in [0.3, 0.4) is 0 Å². The van der Waals surface area contributed by atoms with Crippen LogP contribution >= 0.6 is 15.9 Å². The van der Waals surface area contributed by atoms with E-state index in [0.29, 0.717) is 0 Å². The van der Waals surface area contributed by atoms with Gasteiger partial charge in [-0.3, -0.25) is 20.6 Å². The van der Waals surface area contributed by atoms with E-state index in [1.54, 1.807) is 0 Å². The lowest BCUT2D eigenvalue weighted by atomic mass is 10.1. The smallest absolute Gasteiger partial charge is 0.0766 e. The minimum absolute atomic E-state index is 0.00222. The van der Waals surface area contributed by atoms with E-state index in [2.05, 4.69) is 44.5 Å². The highest BCUT2D eigenvalue weighted by Gasteiger charge is 2.20. The summed E-state index contributed by atoms with van der Waals surface area (Å²) in [5.41, 5.74) is 7.13. The summed E-state index contributed by atoms with van der Waals surface area (Å²) in [6.07, 6.45) is 1.65. The molecule has 3 N–H and O–H groups in total. The minimum atomic E-state index is -0.00222. The Morgan fingerprint density at radius 3 is 2.50 bits per heavy atom. The van der Waals surface area contributed by atoms with Gasteiger partial charge < -0.3 is 0 Å². The molecule has 0 amide bonds. The molecular formula is C13H21BrN6. The van der Waals surface area contributed by atoms with Crippen LogP contribution in [0.2, 0.25) is 0 Å². The second-order valence-corrected chi connectivity index (χ2v) is 5.74. The Balaban J connectivity index is 2.31. The molecule has 2 aromatic rings. The van der Waals surface area contributed by atoms with Crippen molar-refractivity contribution in [3.8, 4) is 0 Å². The molecule has 0 aliphatic rings. The van der Waals surface area contributed by atoms with Crippen molar-refractivity contribution in [1.82, 2.24) is 25.0 Å². The molecule has 7 heteroatoms. The fourth-order valence-corrected chi connectivity index (χ4v) is 3.22. The molecule has 0 saturated carbocycles. The number of aryl methyl sites for hydroxylation is 4. The Bertz CT molecular complexity index is 600. The molecule has 2 rings (SSSR count). The molecule has 0 spiro atoms. The van der Waals surface area contributed by atoms with Crippen molar-refractivity contribution in [2.75, 3.05) is 0 Å². The molecule has 6 nitrogen and oxygen atoms in total. The Morgan fingerprint density at radius 2 is 2.05 bits per heavy atom. The zero-order valence-corrected chi connectivity index (χ0v) is 13.9. The maximum absolute atomic E-state index is 5.73. The van der Waals surface area contributed by atoms with Gasteiger partial charge in [-0.1, -0.05) is 6.92 Å². The van der Waals surface area contributed by atoms with Crippen LogP contribution in [0.4, 0.5) is 0 Å². The summed E-state index contributed by atoms with van der Waals surface area (Å²) in [6, 6.07) is 2.05. The maximum atomic E-state index is 5.73. The maximum Gasteiger partial charge on any atom is 0.0766 e. The Hall–Kier alpha value is -1.18. The van der Waals surface area contributed by atoms with Gasteiger partial charge in [-0.2, -0.15) is 10.2 Å². The fraction of sp³-hybridized carbons (Fsp3) is 0.538. The van der Waals surface area contributed by atoms with Gasteiger partial charge in [0.1, 0.15) is 0 Å². The van der Waals surface area contributed by atoms with E-state index < -0.39 is 0 Å². The zero-order valence-electron chi connectivity index (χ0n) is 12.3. The van der Waals surface area contributed by atoms with E-state index in [4.69, 9.17) is 5.84 Å². The summed E-state index contributed by atoms with van der Waals surface area (Å²) in [5.74, 6) is 5.73. The largest absolute Gasteiger partial charge is 0.271 e. The summed E-state index contributed by atoms with van der Waals surface area (Å²) in [7, 11) is 3.89. The summed E-state index contributed by atoms with van der Waals surface area (Å²) in [5, 5.41) is 8.89. The van der Waals surface area contributed by atoms with Gasteiger partial charge in [0, 0.05) is 20.5 Å². The number of hydrogen-bond acceptors (Lipinski definition) is 4. The highest BCUT2D eigenvalue weighted by atomic mass is 79.9. The topological polar surface area (TPSA) is 73.7 Å². The molecule has 0 bridgehead atoms. The number of aromatic nitrogens is 4. The third-order valence-corrected chi connectivity index (χ3v) is 4.41. The monoisotopic (exact) mass is 340 g/mol. The fourth-order valence-electron chi connectivity index (χ4n) is 2.44. The first-order valence-electron chi connectivity index (χ1n) is 6.64. The first-order chi connectivity index (χ1) is 9.47. The van der Waals surface area contributed by atoms with Crippen molar-refractivity contribution in [2.45, 2.75) is 32.7 Å². The molecule has 0 fully saturated rings. The standard InChI is InChI=1S/C13H21BrN6/c1-5-9-13(14)12(20(4)18-9)7-10(16-15)11-6-8(2)17-19(11)3/h6,10,16H,5,7,15H2,1-4H3. The molecule has 0 aliphatic heterocycles. The molecule has 1 unspecified atom stereocenters. The lowest BCUT2D eigenvalue weighted by molar-refractivity contribution is 0.492. The summed E-state index contributed by atoms with van der Waals surface area (Å²) >= 11 is 3.64. The third-order valence-electron chi connectivity index (χ3n) is 3.50. The number of hydrogen-bond donors (Lipinski definition) is 2. The van der Waals surface area contributed by atoms with Crippen LogP contribution in [0.1, 0.15) is 35.7 Å². The van der Waals surface area contributed by atoms with Crippen molar-refractivity contribution in [1.29, 1.82) is 0 Å². The van der Waals surface area contributed by atoms with Gasteiger partial charge in [0.15, 0.2) is 0 Å². The second kappa shape index (κ2) is 6.07. The number of rotatable bonds is 5. The Labute approximate surface area is 127 Å². The van der Waals surface area contributed by atoms with Crippen LogP contribution < -0.4 is 11.3 Å². The summed E-state index contributed by atoms with van der Waals surface area (Å²) in [4.78, 5) is 0. The van der Waals surface area contributed by atoms with Crippen LogP contribution in [0.25, 0.3) is 0 Å². The molecule has 0 radical (unpaired) electrons. The van der Waals surface area contributed by atoms with Gasteiger partial charge in [-0.25, -0.2) is 0 Å². The van der Waals surface area contributed by atoms with Crippen LogP contribution in [0.15, 0.2) is 10.5 Å². The molecule has 1 atom stereocenters. The number of nitrogens with zero attached hydrogens (tertiary/aromatic N) is 4. The summed E-state index contributed by atoms with van der Waals surface area (Å²) < 4.78 is 4.85. The van der Waals surface area contributed by atoms with E-state index >= 15 is 0 Å². The average Bonchev–Trinajstić information content (AvgIpc) is 2.87. The highest BCUT2D eigenvalue weighted by molar-refractivity contribution is 9.10. The SMILES string of the molecule is CCc1nn(C)c(CC(NN)c2cc(C)nn2C)c1Br. The van der Waals surface area contributed by atoms with Crippen LogP contribution in [0.5, 0.6) is 0 Å². The lowest BCUT2D eigenvalue weighted by Crippen LogP contribution is -2.31. The van der Waals surface area contributed by atoms with Gasteiger partial charge in [0.2, 0.25) is 0 Å². The van der Waals surface area contributed by atoms with Gasteiger partial charge in [-0.05, 0) is 35.3 Å². The molecule has 20 heavy (non-hydrogen) atoms. The predicted octanol–water partition coefficient (Wildman–Crippen LogP) is 1.53. The highest BCUT2D eigenvalue weighted by Crippen LogP contribution is 2.26. The first kappa shape index (κ1) is 15.2. The van der Waals surface area contributed by atoms with E-state index in [-0.39, 0.29) is 6.04 Å². The van der Waals surface area contributed by atoms with Crippen molar-refractivity contribution in [2.24, 2.45) is 19.9 Å². The van der Waals surface area contributed by atoms with Gasteiger partial charge >= 0.3 is 0 Å². The third kappa shape index (κ3) is 2.79. The van der Waals surface area contributed by atoms with Crippen molar-refractivity contribution >= 4 is 15.9 Å². The van der Waals surface area contributed by atoms with E-state index in [1.807, 2.05) is 30.4 Å². The predicted molar refractivity (Wildman–Crippen MR) is 82.0 cm³/mol. The number of halogens is 1. The van der Waals surface area contributed by atoms with Crippen LogP contribution in [-0.4, -0.2) is 19.6 Å². The molecule has 2 heterocycles.